The Morgan fingerprint density at radius 2 is 1.90 bits per heavy atom. The third-order valence-corrected chi connectivity index (χ3v) is 6.53. The van der Waals surface area contributed by atoms with E-state index in [2.05, 4.69) is 17.6 Å². The summed E-state index contributed by atoms with van der Waals surface area (Å²) in [6.45, 7) is 4.64. The number of hydrogen-bond acceptors (Lipinski definition) is 4. The Balaban J connectivity index is 1.75. The average molecular weight is 429 g/mol. The van der Waals surface area contributed by atoms with E-state index in [1.807, 2.05) is 31.2 Å². The molecule has 0 spiro atoms. The predicted octanol–water partition coefficient (Wildman–Crippen LogP) is 4.30. The molecule has 1 aliphatic rings. The summed E-state index contributed by atoms with van der Waals surface area (Å²) in [5.74, 6) is -0.794. The van der Waals surface area contributed by atoms with Crippen molar-refractivity contribution in [1.82, 2.24) is 5.32 Å². The number of carboxylic acids is 1. The molecule has 1 unspecified atom stereocenters. The van der Waals surface area contributed by atoms with Gasteiger partial charge in [-0.05, 0) is 49.7 Å². The quantitative estimate of drug-likeness (QED) is 0.584. The van der Waals surface area contributed by atoms with Crippen LogP contribution in [-0.2, 0) is 29.0 Å². The Hall–Kier alpha value is -2.67. The summed E-state index contributed by atoms with van der Waals surface area (Å²) in [7, 11) is 0. The molecule has 30 heavy (non-hydrogen) atoms. The summed E-state index contributed by atoms with van der Waals surface area (Å²) in [4.78, 5) is 37.2. The normalized spacial score (nSPS) is 15.3. The van der Waals surface area contributed by atoms with E-state index >= 15 is 0 Å². The summed E-state index contributed by atoms with van der Waals surface area (Å²) in [5.41, 5.74) is 3.80. The average Bonchev–Trinajstić information content (AvgIpc) is 3.03. The van der Waals surface area contributed by atoms with Gasteiger partial charge in [0.25, 0.3) is 5.91 Å². The topological polar surface area (TPSA) is 95.5 Å². The lowest BCUT2D eigenvalue weighted by Crippen LogP contribution is -2.26. The van der Waals surface area contributed by atoms with Gasteiger partial charge in [-0.2, -0.15) is 0 Å². The number of thiophene rings is 1. The molecule has 3 rings (SSSR count). The van der Waals surface area contributed by atoms with Gasteiger partial charge >= 0.3 is 5.97 Å². The number of nitrogens with one attached hydrogen (secondary N) is 2. The van der Waals surface area contributed by atoms with E-state index in [0.29, 0.717) is 23.0 Å². The van der Waals surface area contributed by atoms with E-state index in [1.165, 1.54) is 16.9 Å². The number of fused-ring (bicyclic) bond motifs is 1. The molecule has 160 valence electrons. The lowest BCUT2D eigenvalue weighted by atomic mass is 9.88. The van der Waals surface area contributed by atoms with Crippen LogP contribution < -0.4 is 10.6 Å². The Morgan fingerprint density at radius 3 is 2.60 bits per heavy atom. The SMILES string of the molecule is Cc1ccc(CNC(=O)c2c(NC(=O)CCCC(=O)O)sc3c2CCC(C)C3)cc1. The monoisotopic (exact) mass is 428 g/mol. The molecule has 1 heterocycles. The van der Waals surface area contributed by atoms with Crippen LogP contribution in [0, 0.1) is 12.8 Å². The number of carboxylic acid groups (broad SMARTS) is 1. The molecule has 1 aromatic heterocycles. The number of aliphatic carboxylic acids is 1. The number of hydrogen-bond donors (Lipinski definition) is 3. The third-order valence-electron chi connectivity index (χ3n) is 5.36. The summed E-state index contributed by atoms with van der Waals surface area (Å²) in [5, 5.41) is 15.2. The molecule has 0 fully saturated rings. The number of carbonyl (C=O) groups excluding carboxylic acids is 2. The molecule has 0 saturated carbocycles. The second-order valence-corrected chi connectivity index (χ2v) is 9.12. The highest BCUT2D eigenvalue weighted by atomic mass is 32.1. The highest BCUT2D eigenvalue weighted by molar-refractivity contribution is 7.17. The smallest absolute Gasteiger partial charge is 0.303 e. The first-order valence-electron chi connectivity index (χ1n) is 10.3. The molecule has 0 radical (unpaired) electrons. The molecular weight excluding hydrogens is 400 g/mol. The Kier molecular flexibility index (Phi) is 7.26. The van der Waals surface area contributed by atoms with Crippen molar-refractivity contribution in [3.05, 3.63) is 51.4 Å². The van der Waals surface area contributed by atoms with E-state index in [-0.39, 0.29) is 31.1 Å². The molecule has 1 atom stereocenters. The predicted molar refractivity (Wildman–Crippen MR) is 118 cm³/mol. The van der Waals surface area contributed by atoms with Gasteiger partial charge in [-0.25, -0.2) is 0 Å². The first-order valence-corrected chi connectivity index (χ1v) is 11.1. The van der Waals surface area contributed by atoms with Crippen LogP contribution in [0.1, 0.15) is 64.5 Å². The number of anilines is 1. The highest BCUT2D eigenvalue weighted by Crippen LogP contribution is 2.39. The maximum atomic E-state index is 13.1. The van der Waals surface area contributed by atoms with E-state index < -0.39 is 5.97 Å². The van der Waals surface area contributed by atoms with Crippen molar-refractivity contribution in [3.8, 4) is 0 Å². The summed E-state index contributed by atoms with van der Waals surface area (Å²) < 4.78 is 0. The molecule has 3 N–H and O–H groups in total. The maximum absolute atomic E-state index is 13.1. The third kappa shape index (κ3) is 5.69. The van der Waals surface area contributed by atoms with Crippen molar-refractivity contribution >= 4 is 34.1 Å². The Labute approximate surface area is 180 Å². The van der Waals surface area contributed by atoms with Crippen LogP contribution >= 0.6 is 11.3 Å². The Morgan fingerprint density at radius 1 is 1.17 bits per heavy atom. The van der Waals surface area contributed by atoms with Gasteiger partial charge in [0.1, 0.15) is 5.00 Å². The number of benzene rings is 1. The number of rotatable bonds is 8. The summed E-state index contributed by atoms with van der Waals surface area (Å²) in [6.07, 6.45) is 3.11. The first-order chi connectivity index (χ1) is 14.3. The molecule has 7 heteroatoms. The zero-order valence-electron chi connectivity index (χ0n) is 17.4. The molecular formula is C23H28N2O4S. The van der Waals surface area contributed by atoms with Gasteiger partial charge in [-0.3, -0.25) is 14.4 Å². The molecule has 0 saturated heterocycles. The van der Waals surface area contributed by atoms with Gasteiger partial charge in [0, 0.05) is 24.3 Å². The van der Waals surface area contributed by atoms with Crippen molar-refractivity contribution in [2.24, 2.45) is 5.92 Å². The summed E-state index contributed by atoms with van der Waals surface area (Å²) >= 11 is 1.48. The van der Waals surface area contributed by atoms with Crippen LogP contribution in [0.2, 0.25) is 0 Å². The van der Waals surface area contributed by atoms with Gasteiger partial charge in [0.15, 0.2) is 0 Å². The van der Waals surface area contributed by atoms with Crippen molar-refractivity contribution < 1.29 is 19.5 Å². The number of amides is 2. The van der Waals surface area contributed by atoms with Crippen LogP contribution in [0.3, 0.4) is 0 Å². The lowest BCUT2D eigenvalue weighted by molar-refractivity contribution is -0.137. The fourth-order valence-electron chi connectivity index (χ4n) is 3.65. The van der Waals surface area contributed by atoms with Crippen molar-refractivity contribution in [2.75, 3.05) is 5.32 Å². The minimum Gasteiger partial charge on any atom is -0.481 e. The van der Waals surface area contributed by atoms with Crippen LogP contribution in [0.5, 0.6) is 0 Å². The van der Waals surface area contributed by atoms with Gasteiger partial charge in [-0.15, -0.1) is 11.3 Å². The molecule has 2 aromatic rings. The largest absolute Gasteiger partial charge is 0.481 e. The van der Waals surface area contributed by atoms with Crippen LogP contribution in [0.4, 0.5) is 5.00 Å². The second-order valence-electron chi connectivity index (χ2n) is 8.02. The minimum atomic E-state index is -0.917. The fourth-order valence-corrected chi connectivity index (χ4v) is 5.07. The van der Waals surface area contributed by atoms with Gasteiger partial charge < -0.3 is 15.7 Å². The molecule has 1 aliphatic carbocycles. The highest BCUT2D eigenvalue weighted by Gasteiger charge is 2.28. The van der Waals surface area contributed by atoms with Crippen molar-refractivity contribution in [1.29, 1.82) is 0 Å². The molecule has 2 amide bonds. The van der Waals surface area contributed by atoms with Crippen molar-refractivity contribution in [2.45, 2.75) is 58.9 Å². The number of aryl methyl sites for hydroxylation is 1. The fraction of sp³-hybridized carbons (Fsp3) is 0.435. The molecule has 6 nitrogen and oxygen atoms in total. The minimum absolute atomic E-state index is 0.0459. The van der Waals surface area contributed by atoms with Gasteiger partial charge in [0.2, 0.25) is 5.91 Å². The van der Waals surface area contributed by atoms with E-state index in [9.17, 15) is 14.4 Å². The standard InChI is InChI=1S/C23H28N2O4S/c1-14-6-9-16(10-7-14)13-24-22(29)21-17-11-8-15(2)12-18(17)30-23(21)25-19(26)4-3-5-20(27)28/h6-7,9-10,15H,3-5,8,11-13H2,1-2H3,(H,24,29)(H,25,26)(H,27,28). The van der Waals surface area contributed by atoms with E-state index in [1.54, 1.807) is 0 Å². The zero-order valence-corrected chi connectivity index (χ0v) is 18.2. The second kappa shape index (κ2) is 9.89. The number of carbonyl (C=O) groups is 3. The first kappa shape index (κ1) is 22.0. The van der Waals surface area contributed by atoms with Crippen LogP contribution in [-0.4, -0.2) is 22.9 Å². The van der Waals surface area contributed by atoms with E-state index in [0.717, 1.165) is 35.3 Å². The molecule has 0 bridgehead atoms. The molecule has 0 aliphatic heterocycles. The van der Waals surface area contributed by atoms with E-state index in [4.69, 9.17) is 5.11 Å². The maximum Gasteiger partial charge on any atom is 0.303 e. The zero-order chi connectivity index (χ0) is 21.7. The summed E-state index contributed by atoms with van der Waals surface area (Å²) in [6, 6.07) is 8.01. The van der Waals surface area contributed by atoms with Gasteiger partial charge in [0.05, 0.1) is 5.56 Å². The molecule has 1 aromatic carbocycles. The lowest BCUT2D eigenvalue weighted by Gasteiger charge is -2.18. The Bertz CT molecular complexity index is 933. The van der Waals surface area contributed by atoms with Crippen molar-refractivity contribution in [3.63, 3.8) is 0 Å². The van der Waals surface area contributed by atoms with Gasteiger partial charge in [-0.1, -0.05) is 36.8 Å². The van der Waals surface area contributed by atoms with Crippen LogP contribution in [0.25, 0.3) is 0 Å². The van der Waals surface area contributed by atoms with Crippen LogP contribution in [0.15, 0.2) is 24.3 Å².